The standard InChI is InChI=1S/C26H34O2/c1-3-5-7-9-10-12-22-28-26-19-15-24(16-20-26)23-13-17-25(18-14-23)27-21-11-8-6-4-2/h3-4,13-20H,1-2,5-12,21-22H2. The van der Waals surface area contributed by atoms with Crippen molar-refractivity contribution in [2.75, 3.05) is 13.2 Å². The van der Waals surface area contributed by atoms with Crippen molar-refractivity contribution in [3.8, 4) is 22.6 Å². The van der Waals surface area contributed by atoms with Crippen molar-refractivity contribution >= 4 is 0 Å². The van der Waals surface area contributed by atoms with E-state index in [1.807, 2.05) is 24.3 Å². The predicted molar refractivity (Wildman–Crippen MR) is 120 cm³/mol. The van der Waals surface area contributed by atoms with Crippen LogP contribution < -0.4 is 9.47 Å². The maximum absolute atomic E-state index is 5.85. The maximum Gasteiger partial charge on any atom is 0.119 e. The lowest BCUT2D eigenvalue weighted by Crippen LogP contribution is -1.97. The summed E-state index contributed by atoms with van der Waals surface area (Å²) in [5.41, 5.74) is 2.38. The number of ether oxygens (including phenoxy) is 2. The Balaban J connectivity index is 1.71. The second-order valence-corrected chi connectivity index (χ2v) is 7.02. The van der Waals surface area contributed by atoms with Crippen molar-refractivity contribution in [2.24, 2.45) is 0 Å². The molecular formula is C26H34O2. The topological polar surface area (TPSA) is 18.5 Å². The number of hydrogen-bond acceptors (Lipinski definition) is 2. The quantitative estimate of drug-likeness (QED) is 0.234. The molecule has 0 bridgehead atoms. The van der Waals surface area contributed by atoms with Crippen molar-refractivity contribution in [3.05, 3.63) is 73.8 Å². The Morgan fingerprint density at radius 2 is 0.929 bits per heavy atom. The maximum atomic E-state index is 5.85. The largest absolute Gasteiger partial charge is 0.494 e. The zero-order valence-electron chi connectivity index (χ0n) is 17.1. The third-order valence-electron chi connectivity index (χ3n) is 4.68. The van der Waals surface area contributed by atoms with E-state index in [0.717, 1.165) is 56.8 Å². The first-order valence-electron chi connectivity index (χ1n) is 10.5. The molecule has 0 N–H and O–H groups in total. The summed E-state index contributed by atoms with van der Waals surface area (Å²) < 4.78 is 11.6. The molecule has 0 radical (unpaired) electrons. The molecule has 0 spiro atoms. The molecule has 0 atom stereocenters. The van der Waals surface area contributed by atoms with E-state index in [4.69, 9.17) is 9.47 Å². The van der Waals surface area contributed by atoms with Gasteiger partial charge in [0.25, 0.3) is 0 Å². The summed E-state index contributed by atoms with van der Waals surface area (Å²) in [4.78, 5) is 0. The highest BCUT2D eigenvalue weighted by atomic mass is 16.5. The van der Waals surface area contributed by atoms with Crippen LogP contribution in [0.4, 0.5) is 0 Å². The lowest BCUT2D eigenvalue weighted by molar-refractivity contribution is 0.305. The molecule has 2 rings (SSSR count). The van der Waals surface area contributed by atoms with Gasteiger partial charge in [0.2, 0.25) is 0 Å². The number of allylic oxidation sites excluding steroid dienone is 2. The van der Waals surface area contributed by atoms with Gasteiger partial charge in [-0.05, 0) is 73.9 Å². The molecule has 0 amide bonds. The van der Waals surface area contributed by atoms with Crippen molar-refractivity contribution in [2.45, 2.75) is 51.4 Å². The first kappa shape index (κ1) is 21.8. The first-order valence-corrected chi connectivity index (χ1v) is 10.5. The van der Waals surface area contributed by atoms with Gasteiger partial charge in [-0.2, -0.15) is 0 Å². The summed E-state index contributed by atoms with van der Waals surface area (Å²) in [6, 6.07) is 16.6. The number of rotatable bonds is 15. The fourth-order valence-electron chi connectivity index (χ4n) is 3.00. The van der Waals surface area contributed by atoms with Crippen molar-refractivity contribution in [1.82, 2.24) is 0 Å². The Hall–Kier alpha value is -2.48. The number of benzene rings is 2. The summed E-state index contributed by atoms with van der Waals surface area (Å²) in [6.07, 6.45) is 13.1. The normalized spacial score (nSPS) is 10.4. The van der Waals surface area contributed by atoms with Gasteiger partial charge in [-0.15, -0.1) is 13.2 Å². The summed E-state index contributed by atoms with van der Waals surface area (Å²) in [7, 11) is 0. The van der Waals surface area contributed by atoms with E-state index in [-0.39, 0.29) is 0 Å². The smallest absolute Gasteiger partial charge is 0.119 e. The van der Waals surface area contributed by atoms with Crippen molar-refractivity contribution in [1.29, 1.82) is 0 Å². The van der Waals surface area contributed by atoms with Crippen LogP contribution in [-0.4, -0.2) is 13.2 Å². The first-order chi connectivity index (χ1) is 13.8. The molecule has 2 aromatic rings. The molecule has 150 valence electrons. The Morgan fingerprint density at radius 3 is 1.39 bits per heavy atom. The summed E-state index contributed by atoms with van der Waals surface area (Å²) >= 11 is 0. The average molecular weight is 379 g/mol. The van der Waals surface area contributed by atoms with Crippen LogP contribution in [0.15, 0.2) is 73.8 Å². The van der Waals surface area contributed by atoms with Gasteiger partial charge in [0.05, 0.1) is 13.2 Å². The zero-order valence-corrected chi connectivity index (χ0v) is 17.1. The van der Waals surface area contributed by atoms with Gasteiger partial charge in [0, 0.05) is 0 Å². The molecule has 0 heterocycles. The lowest BCUT2D eigenvalue weighted by atomic mass is 10.1. The monoisotopic (exact) mass is 378 g/mol. The molecule has 0 saturated carbocycles. The Labute approximate surface area is 170 Å². The minimum Gasteiger partial charge on any atom is -0.494 e. The second kappa shape index (κ2) is 13.7. The van der Waals surface area contributed by atoms with E-state index in [1.165, 1.54) is 30.4 Å². The van der Waals surface area contributed by atoms with Gasteiger partial charge in [-0.1, -0.05) is 49.3 Å². The molecule has 0 saturated heterocycles. The van der Waals surface area contributed by atoms with Crippen LogP contribution in [0, 0.1) is 0 Å². The van der Waals surface area contributed by atoms with Gasteiger partial charge in [0.15, 0.2) is 0 Å². The Bertz CT molecular complexity index is 671. The van der Waals surface area contributed by atoms with E-state index in [9.17, 15) is 0 Å². The van der Waals surface area contributed by atoms with Crippen LogP contribution in [0.1, 0.15) is 51.4 Å². The summed E-state index contributed by atoms with van der Waals surface area (Å²) in [6.45, 7) is 9.04. The van der Waals surface area contributed by atoms with E-state index < -0.39 is 0 Å². The van der Waals surface area contributed by atoms with E-state index >= 15 is 0 Å². The summed E-state index contributed by atoms with van der Waals surface area (Å²) in [5, 5.41) is 0. The highest BCUT2D eigenvalue weighted by Crippen LogP contribution is 2.25. The van der Waals surface area contributed by atoms with Crippen LogP contribution in [0.3, 0.4) is 0 Å². The van der Waals surface area contributed by atoms with Gasteiger partial charge in [0.1, 0.15) is 11.5 Å². The fourth-order valence-corrected chi connectivity index (χ4v) is 3.00. The molecule has 0 aliphatic heterocycles. The van der Waals surface area contributed by atoms with Crippen molar-refractivity contribution in [3.63, 3.8) is 0 Å². The zero-order chi connectivity index (χ0) is 19.9. The predicted octanol–water partition coefficient (Wildman–Crippen LogP) is 7.60. The second-order valence-electron chi connectivity index (χ2n) is 7.02. The SMILES string of the molecule is C=CCCCCCCOc1ccc(-c2ccc(OCCCCC=C)cc2)cc1. The molecule has 2 heteroatoms. The van der Waals surface area contributed by atoms with Gasteiger partial charge in [-0.25, -0.2) is 0 Å². The van der Waals surface area contributed by atoms with Crippen LogP contribution in [0.25, 0.3) is 11.1 Å². The van der Waals surface area contributed by atoms with Crippen LogP contribution in [-0.2, 0) is 0 Å². The minimum atomic E-state index is 0.757. The average Bonchev–Trinajstić information content (AvgIpc) is 2.74. The Kier molecular flexibility index (Phi) is 10.6. The highest BCUT2D eigenvalue weighted by Gasteiger charge is 2.01. The molecular weight excluding hydrogens is 344 g/mol. The van der Waals surface area contributed by atoms with E-state index in [2.05, 4.69) is 49.6 Å². The van der Waals surface area contributed by atoms with Crippen LogP contribution in [0.2, 0.25) is 0 Å². The third kappa shape index (κ3) is 8.47. The van der Waals surface area contributed by atoms with Crippen LogP contribution in [0.5, 0.6) is 11.5 Å². The minimum absolute atomic E-state index is 0.757. The fraction of sp³-hybridized carbons (Fsp3) is 0.385. The van der Waals surface area contributed by atoms with Gasteiger partial charge >= 0.3 is 0 Å². The molecule has 2 aromatic carbocycles. The van der Waals surface area contributed by atoms with Gasteiger partial charge in [-0.3, -0.25) is 0 Å². The lowest BCUT2D eigenvalue weighted by Gasteiger charge is -2.09. The molecule has 0 fully saturated rings. The van der Waals surface area contributed by atoms with Crippen LogP contribution >= 0.6 is 0 Å². The number of hydrogen-bond donors (Lipinski definition) is 0. The van der Waals surface area contributed by atoms with E-state index in [0.29, 0.717) is 0 Å². The highest BCUT2D eigenvalue weighted by molar-refractivity contribution is 5.64. The molecule has 0 unspecified atom stereocenters. The van der Waals surface area contributed by atoms with Crippen molar-refractivity contribution < 1.29 is 9.47 Å². The molecule has 0 aliphatic carbocycles. The van der Waals surface area contributed by atoms with E-state index in [1.54, 1.807) is 0 Å². The third-order valence-corrected chi connectivity index (χ3v) is 4.68. The molecule has 2 nitrogen and oxygen atoms in total. The molecule has 28 heavy (non-hydrogen) atoms. The Morgan fingerprint density at radius 1 is 0.536 bits per heavy atom. The number of unbranched alkanes of at least 4 members (excludes halogenated alkanes) is 6. The molecule has 0 aromatic heterocycles. The summed E-state index contributed by atoms with van der Waals surface area (Å²) in [5.74, 6) is 1.87. The van der Waals surface area contributed by atoms with Gasteiger partial charge < -0.3 is 9.47 Å². The molecule has 0 aliphatic rings.